The Hall–Kier alpha value is -1.10. The van der Waals surface area contributed by atoms with Crippen molar-refractivity contribution in [3.05, 3.63) is 0 Å². The van der Waals surface area contributed by atoms with Crippen molar-refractivity contribution in [3.8, 4) is 0 Å². The van der Waals surface area contributed by atoms with E-state index in [1.165, 1.54) is 0 Å². The summed E-state index contributed by atoms with van der Waals surface area (Å²) in [6, 6.07) is 0. The first-order chi connectivity index (χ1) is 7.00. The van der Waals surface area contributed by atoms with Gasteiger partial charge in [-0.25, -0.2) is 4.79 Å². The lowest BCUT2D eigenvalue weighted by molar-refractivity contribution is -0.151. The van der Waals surface area contributed by atoms with E-state index in [1.807, 2.05) is 13.8 Å². The zero-order valence-corrected chi connectivity index (χ0v) is 9.03. The molecule has 5 nitrogen and oxygen atoms in total. The topological polar surface area (TPSA) is 75.6 Å². The molecule has 5 heteroatoms. The molecule has 86 valence electrons. The van der Waals surface area contributed by atoms with E-state index < -0.39 is 18.2 Å². The van der Waals surface area contributed by atoms with Crippen LogP contribution < -0.4 is 5.32 Å². The van der Waals surface area contributed by atoms with Gasteiger partial charge in [0.2, 0.25) is 5.91 Å². The number of carboxylic acid groups (broad SMARTS) is 1. The van der Waals surface area contributed by atoms with Crippen LogP contribution in [0.3, 0.4) is 0 Å². The van der Waals surface area contributed by atoms with Crippen LogP contribution in [0.2, 0.25) is 0 Å². The molecule has 2 atom stereocenters. The third kappa shape index (κ3) is 3.51. The highest BCUT2D eigenvalue weighted by atomic mass is 16.5. The standard InChI is InChI=1S/C10H17NO4/c1-6(2)5-11-9(12)7-3-4-8(15-7)10(13)14/h6-8H,3-5H2,1-2H3,(H,11,12)(H,13,14). The number of carbonyl (C=O) groups is 2. The lowest BCUT2D eigenvalue weighted by Gasteiger charge is -2.12. The van der Waals surface area contributed by atoms with Crippen LogP contribution in [-0.2, 0) is 14.3 Å². The molecule has 1 fully saturated rings. The molecule has 0 saturated carbocycles. The lowest BCUT2D eigenvalue weighted by atomic mass is 10.2. The molecule has 0 spiro atoms. The number of hydrogen-bond acceptors (Lipinski definition) is 3. The first kappa shape index (κ1) is 12.0. The van der Waals surface area contributed by atoms with Gasteiger partial charge < -0.3 is 15.2 Å². The average molecular weight is 215 g/mol. The number of amides is 1. The summed E-state index contributed by atoms with van der Waals surface area (Å²) in [5, 5.41) is 11.4. The van der Waals surface area contributed by atoms with E-state index in [1.54, 1.807) is 0 Å². The zero-order valence-electron chi connectivity index (χ0n) is 9.03. The largest absolute Gasteiger partial charge is 0.479 e. The van der Waals surface area contributed by atoms with Gasteiger partial charge in [-0.1, -0.05) is 13.8 Å². The van der Waals surface area contributed by atoms with Crippen LogP contribution in [0.15, 0.2) is 0 Å². The number of hydrogen-bond donors (Lipinski definition) is 2. The molecule has 1 rings (SSSR count). The summed E-state index contributed by atoms with van der Waals surface area (Å²) in [6.45, 7) is 4.59. The van der Waals surface area contributed by atoms with Crippen molar-refractivity contribution in [3.63, 3.8) is 0 Å². The first-order valence-corrected chi connectivity index (χ1v) is 5.16. The Labute approximate surface area is 88.8 Å². The van der Waals surface area contributed by atoms with Crippen molar-refractivity contribution in [2.45, 2.75) is 38.9 Å². The molecule has 1 aliphatic heterocycles. The number of carboxylic acids is 1. The molecule has 1 aliphatic rings. The van der Waals surface area contributed by atoms with E-state index in [9.17, 15) is 9.59 Å². The molecule has 0 aromatic heterocycles. The number of nitrogens with one attached hydrogen (secondary N) is 1. The van der Waals surface area contributed by atoms with E-state index in [0.29, 0.717) is 25.3 Å². The first-order valence-electron chi connectivity index (χ1n) is 5.16. The van der Waals surface area contributed by atoms with Gasteiger partial charge in [-0.2, -0.15) is 0 Å². The summed E-state index contributed by atoms with van der Waals surface area (Å²) in [5.74, 6) is -0.813. The minimum atomic E-state index is -0.992. The maximum absolute atomic E-state index is 11.5. The Kier molecular flexibility index (Phi) is 4.08. The van der Waals surface area contributed by atoms with Crippen LogP contribution in [0.1, 0.15) is 26.7 Å². The van der Waals surface area contributed by atoms with Crippen LogP contribution in [0.4, 0.5) is 0 Å². The second-order valence-corrected chi connectivity index (χ2v) is 4.17. The Bertz CT molecular complexity index is 252. The number of ether oxygens (including phenoxy) is 1. The molecule has 0 radical (unpaired) electrons. The molecule has 1 heterocycles. The maximum atomic E-state index is 11.5. The Morgan fingerprint density at radius 3 is 2.47 bits per heavy atom. The molecule has 2 N–H and O–H groups in total. The molecule has 2 unspecified atom stereocenters. The second kappa shape index (κ2) is 5.11. The van der Waals surface area contributed by atoms with E-state index >= 15 is 0 Å². The van der Waals surface area contributed by atoms with E-state index in [-0.39, 0.29) is 5.91 Å². The molecule has 15 heavy (non-hydrogen) atoms. The number of carbonyl (C=O) groups excluding carboxylic acids is 1. The molecular weight excluding hydrogens is 198 g/mol. The molecule has 1 amide bonds. The SMILES string of the molecule is CC(C)CNC(=O)C1CCC(C(=O)O)O1. The van der Waals surface area contributed by atoms with Gasteiger partial charge in [0.1, 0.15) is 6.10 Å². The highest BCUT2D eigenvalue weighted by Gasteiger charge is 2.34. The Balaban J connectivity index is 2.33. The summed E-state index contributed by atoms with van der Waals surface area (Å²) in [7, 11) is 0. The van der Waals surface area contributed by atoms with Crippen molar-refractivity contribution in [1.29, 1.82) is 0 Å². The van der Waals surface area contributed by atoms with Crippen LogP contribution in [0, 0.1) is 5.92 Å². The average Bonchev–Trinajstić information content (AvgIpc) is 2.62. The van der Waals surface area contributed by atoms with Crippen LogP contribution in [-0.4, -0.2) is 35.7 Å². The fraction of sp³-hybridized carbons (Fsp3) is 0.800. The smallest absolute Gasteiger partial charge is 0.332 e. The highest BCUT2D eigenvalue weighted by molar-refractivity contribution is 5.82. The van der Waals surface area contributed by atoms with Crippen molar-refractivity contribution < 1.29 is 19.4 Å². The molecule has 0 aromatic carbocycles. The van der Waals surface area contributed by atoms with Crippen LogP contribution >= 0.6 is 0 Å². The molecule has 0 bridgehead atoms. The lowest BCUT2D eigenvalue weighted by Crippen LogP contribution is -2.37. The molecule has 0 aromatic rings. The van der Waals surface area contributed by atoms with Crippen molar-refractivity contribution in [1.82, 2.24) is 5.32 Å². The normalized spacial score (nSPS) is 25.5. The predicted octanol–water partition coefficient (Wildman–Crippen LogP) is 0.391. The van der Waals surface area contributed by atoms with Gasteiger partial charge in [0.25, 0.3) is 0 Å². The van der Waals surface area contributed by atoms with Gasteiger partial charge in [0.15, 0.2) is 6.10 Å². The minimum Gasteiger partial charge on any atom is -0.479 e. The van der Waals surface area contributed by atoms with E-state index in [0.717, 1.165) is 0 Å². The highest BCUT2D eigenvalue weighted by Crippen LogP contribution is 2.19. The van der Waals surface area contributed by atoms with E-state index in [4.69, 9.17) is 9.84 Å². The Morgan fingerprint density at radius 2 is 2.00 bits per heavy atom. The zero-order chi connectivity index (χ0) is 11.4. The third-order valence-corrected chi connectivity index (χ3v) is 2.27. The van der Waals surface area contributed by atoms with Crippen molar-refractivity contribution in [2.75, 3.05) is 6.54 Å². The summed E-state index contributed by atoms with van der Waals surface area (Å²) in [5.41, 5.74) is 0. The summed E-state index contributed by atoms with van der Waals surface area (Å²) >= 11 is 0. The predicted molar refractivity (Wildman–Crippen MR) is 53.4 cm³/mol. The van der Waals surface area contributed by atoms with Gasteiger partial charge >= 0.3 is 5.97 Å². The molecule has 1 saturated heterocycles. The maximum Gasteiger partial charge on any atom is 0.332 e. The fourth-order valence-corrected chi connectivity index (χ4v) is 1.43. The molecule has 0 aliphatic carbocycles. The van der Waals surface area contributed by atoms with Gasteiger partial charge in [-0.05, 0) is 18.8 Å². The van der Waals surface area contributed by atoms with Crippen molar-refractivity contribution >= 4 is 11.9 Å². The monoisotopic (exact) mass is 215 g/mol. The van der Waals surface area contributed by atoms with E-state index in [2.05, 4.69) is 5.32 Å². The van der Waals surface area contributed by atoms with Gasteiger partial charge in [0, 0.05) is 6.54 Å². The van der Waals surface area contributed by atoms with Crippen molar-refractivity contribution in [2.24, 2.45) is 5.92 Å². The molecular formula is C10H17NO4. The second-order valence-electron chi connectivity index (χ2n) is 4.17. The minimum absolute atomic E-state index is 0.201. The van der Waals surface area contributed by atoms with Gasteiger partial charge in [-0.3, -0.25) is 4.79 Å². The fourth-order valence-electron chi connectivity index (χ4n) is 1.43. The van der Waals surface area contributed by atoms with Crippen LogP contribution in [0.5, 0.6) is 0 Å². The quantitative estimate of drug-likeness (QED) is 0.711. The third-order valence-electron chi connectivity index (χ3n) is 2.27. The number of rotatable bonds is 4. The Morgan fingerprint density at radius 1 is 1.40 bits per heavy atom. The summed E-state index contributed by atoms with van der Waals surface area (Å²) in [4.78, 5) is 22.1. The van der Waals surface area contributed by atoms with Crippen LogP contribution in [0.25, 0.3) is 0 Å². The number of aliphatic carboxylic acids is 1. The summed E-state index contributed by atoms with van der Waals surface area (Å²) < 4.78 is 5.11. The summed E-state index contributed by atoms with van der Waals surface area (Å²) in [6.07, 6.45) is -0.514. The van der Waals surface area contributed by atoms with Gasteiger partial charge in [0.05, 0.1) is 0 Å². The van der Waals surface area contributed by atoms with Gasteiger partial charge in [-0.15, -0.1) is 0 Å².